The molecule has 0 atom stereocenters. The number of halogens is 2. The lowest BCUT2D eigenvalue weighted by molar-refractivity contribution is 0.262. The molecule has 0 fully saturated rings. The van der Waals surface area contributed by atoms with E-state index in [9.17, 15) is 13.6 Å². The van der Waals surface area contributed by atoms with Crippen LogP contribution in [0.5, 0.6) is 0 Å². The largest absolute Gasteiger partial charge is 0.323 e. The molecular weight excluding hydrogens is 286 g/mol. The molecule has 0 aliphatic heterocycles. The van der Waals surface area contributed by atoms with Gasteiger partial charge in [-0.05, 0) is 23.6 Å². The third kappa shape index (κ3) is 3.03. The zero-order valence-corrected chi connectivity index (χ0v) is 11.4. The van der Waals surface area contributed by atoms with Crippen LogP contribution in [-0.2, 0) is 0 Å². The molecule has 0 heterocycles. The highest BCUT2D eigenvalue weighted by atomic mass is 19.1. The number of amides is 2. The van der Waals surface area contributed by atoms with Crippen molar-refractivity contribution in [3.63, 3.8) is 0 Å². The molecule has 0 radical (unpaired) electrons. The highest BCUT2D eigenvalue weighted by Crippen LogP contribution is 2.23. The third-order valence-electron chi connectivity index (χ3n) is 3.16. The second kappa shape index (κ2) is 5.81. The van der Waals surface area contributed by atoms with E-state index in [0.29, 0.717) is 5.69 Å². The first-order valence-electron chi connectivity index (χ1n) is 6.64. The average molecular weight is 298 g/mol. The summed E-state index contributed by atoms with van der Waals surface area (Å²) >= 11 is 0. The normalized spacial score (nSPS) is 10.5. The summed E-state index contributed by atoms with van der Waals surface area (Å²) in [6.07, 6.45) is 0. The van der Waals surface area contributed by atoms with E-state index >= 15 is 0 Å². The summed E-state index contributed by atoms with van der Waals surface area (Å²) < 4.78 is 26.2. The molecule has 0 saturated heterocycles. The number of urea groups is 1. The number of benzene rings is 3. The Morgan fingerprint density at radius 3 is 2.27 bits per heavy atom. The number of nitrogens with one attached hydrogen (secondary N) is 2. The molecule has 0 aromatic heterocycles. The van der Waals surface area contributed by atoms with Gasteiger partial charge in [0.2, 0.25) is 0 Å². The van der Waals surface area contributed by atoms with Gasteiger partial charge in [0.15, 0.2) is 0 Å². The lowest BCUT2D eigenvalue weighted by Gasteiger charge is -2.10. The summed E-state index contributed by atoms with van der Waals surface area (Å²) in [5.41, 5.74) is 0.669. The van der Waals surface area contributed by atoms with Crippen LogP contribution in [-0.4, -0.2) is 6.03 Å². The Bertz CT molecular complexity index is 823. The van der Waals surface area contributed by atoms with Gasteiger partial charge in [0, 0.05) is 17.1 Å². The number of hydrogen-bond acceptors (Lipinski definition) is 1. The maximum atomic E-state index is 13.1. The van der Waals surface area contributed by atoms with Gasteiger partial charge in [-0.3, -0.25) is 0 Å². The van der Waals surface area contributed by atoms with Crippen LogP contribution in [0.2, 0.25) is 0 Å². The van der Waals surface area contributed by atoms with Crippen molar-refractivity contribution in [3.8, 4) is 0 Å². The molecule has 0 aliphatic rings. The van der Waals surface area contributed by atoms with Crippen LogP contribution in [0.1, 0.15) is 0 Å². The van der Waals surface area contributed by atoms with Gasteiger partial charge in [-0.2, -0.15) is 0 Å². The zero-order chi connectivity index (χ0) is 15.5. The van der Waals surface area contributed by atoms with Crippen molar-refractivity contribution in [2.75, 3.05) is 10.6 Å². The van der Waals surface area contributed by atoms with E-state index in [0.717, 1.165) is 29.0 Å². The minimum Gasteiger partial charge on any atom is -0.308 e. The predicted molar refractivity (Wildman–Crippen MR) is 82.9 cm³/mol. The summed E-state index contributed by atoms with van der Waals surface area (Å²) in [4.78, 5) is 12.0. The molecule has 3 aromatic carbocycles. The molecule has 0 bridgehead atoms. The summed E-state index contributed by atoms with van der Waals surface area (Å²) in [5.74, 6) is -1.50. The minimum absolute atomic E-state index is 0.0511. The SMILES string of the molecule is O=C(Nc1cc(F)cc(F)c1)Nc1cccc2ccccc12. The van der Waals surface area contributed by atoms with Gasteiger partial charge in [0.1, 0.15) is 11.6 Å². The van der Waals surface area contributed by atoms with Crippen LogP contribution in [0.4, 0.5) is 25.0 Å². The van der Waals surface area contributed by atoms with Crippen molar-refractivity contribution in [1.82, 2.24) is 0 Å². The Morgan fingerprint density at radius 2 is 1.50 bits per heavy atom. The molecule has 22 heavy (non-hydrogen) atoms. The molecule has 0 saturated carbocycles. The molecule has 5 heteroatoms. The molecule has 3 aromatic rings. The molecule has 2 N–H and O–H groups in total. The summed E-state index contributed by atoms with van der Waals surface area (Å²) in [5, 5.41) is 6.95. The van der Waals surface area contributed by atoms with E-state index in [4.69, 9.17) is 0 Å². The van der Waals surface area contributed by atoms with E-state index in [1.807, 2.05) is 36.4 Å². The first-order valence-corrected chi connectivity index (χ1v) is 6.64. The Morgan fingerprint density at radius 1 is 0.818 bits per heavy atom. The van der Waals surface area contributed by atoms with Gasteiger partial charge in [0.25, 0.3) is 0 Å². The van der Waals surface area contributed by atoms with Crippen molar-refractivity contribution in [2.45, 2.75) is 0 Å². The molecule has 3 rings (SSSR count). The van der Waals surface area contributed by atoms with Gasteiger partial charge in [-0.1, -0.05) is 36.4 Å². The smallest absolute Gasteiger partial charge is 0.308 e. The number of carbonyl (C=O) groups excluding carboxylic acids is 1. The van der Waals surface area contributed by atoms with Crippen LogP contribution < -0.4 is 10.6 Å². The van der Waals surface area contributed by atoms with Gasteiger partial charge in [-0.25, -0.2) is 13.6 Å². The van der Waals surface area contributed by atoms with Crippen molar-refractivity contribution < 1.29 is 13.6 Å². The molecule has 0 aliphatic carbocycles. The fourth-order valence-electron chi connectivity index (χ4n) is 2.25. The summed E-state index contributed by atoms with van der Waals surface area (Å²) in [6.45, 7) is 0. The number of carbonyl (C=O) groups is 1. The first-order chi connectivity index (χ1) is 10.6. The third-order valence-corrected chi connectivity index (χ3v) is 3.16. The number of fused-ring (bicyclic) bond motifs is 1. The van der Waals surface area contributed by atoms with Crippen LogP contribution in [0.25, 0.3) is 10.8 Å². The maximum absolute atomic E-state index is 13.1. The van der Waals surface area contributed by atoms with Gasteiger partial charge in [-0.15, -0.1) is 0 Å². The molecule has 0 unspecified atom stereocenters. The lowest BCUT2D eigenvalue weighted by Crippen LogP contribution is -2.19. The number of anilines is 2. The van der Waals surface area contributed by atoms with E-state index in [1.165, 1.54) is 0 Å². The average Bonchev–Trinajstić information content (AvgIpc) is 2.46. The van der Waals surface area contributed by atoms with Gasteiger partial charge >= 0.3 is 6.03 Å². The van der Waals surface area contributed by atoms with E-state index in [-0.39, 0.29) is 5.69 Å². The topological polar surface area (TPSA) is 41.1 Å². The molecule has 0 spiro atoms. The second-order valence-corrected chi connectivity index (χ2v) is 4.76. The quantitative estimate of drug-likeness (QED) is 0.703. The summed E-state index contributed by atoms with van der Waals surface area (Å²) in [6, 6.07) is 15.4. The van der Waals surface area contributed by atoms with Crippen LogP contribution >= 0.6 is 0 Å². The fourth-order valence-corrected chi connectivity index (χ4v) is 2.25. The Kier molecular flexibility index (Phi) is 3.70. The van der Waals surface area contributed by atoms with Crippen molar-refractivity contribution in [3.05, 3.63) is 72.3 Å². The Hall–Kier alpha value is -2.95. The van der Waals surface area contributed by atoms with Gasteiger partial charge < -0.3 is 10.6 Å². The predicted octanol–water partition coefficient (Wildman–Crippen LogP) is 4.76. The zero-order valence-electron chi connectivity index (χ0n) is 11.4. The highest BCUT2D eigenvalue weighted by Gasteiger charge is 2.07. The number of hydrogen-bond donors (Lipinski definition) is 2. The van der Waals surface area contributed by atoms with Crippen molar-refractivity contribution >= 4 is 28.2 Å². The molecule has 110 valence electrons. The lowest BCUT2D eigenvalue weighted by atomic mass is 10.1. The van der Waals surface area contributed by atoms with Crippen molar-refractivity contribution in [2.24, 2.45) is 0 Å². The van der Waals surface area contributed by atoms with Crippen LogP contribution in [0.15, 0.2) is 60.7 Å². The molecular formula is C17H12F2N2O. The van der Waals surface area contributed by atoms with Crippen LogP contribution in [0, 0.1) is 11.6 Å². The Balaban J connectivity index is 1.81. The summed E-state index contributed by atoms with van der Waals surface area (Å²) in [7, 11) is 0. The fraction of sp³-hybridized carbons (Fsp3) is 0. The first kappa shape index (κ1) is 14.0. The van der Waals surface area contributed by atoms with Gasteiger partial charge in [0.05, 0.1) is 5.69 Å². The Labute approximate surface area is 125 Å². The number of rotatable bonds is 2. The monoisotopic (exact) mass is 298 g/mol. The standard InChI is InChI=1S/C17H12F2N2O/c18-12-8-13(19)10-14(9-12)20-17(22)21-16-7-3-5-11-4-1-2-6-15(11)16/h1-10H,(H2,20,21,22). The van der Waals surface area contributed by atoms with E-state index in [1.54, 1.807) is 6.07 Å². The maximum Gasteiger partial charge on any atom is 0.323 e. The molecule has 3 nitrogen and oxygen atoms in total. The molecule has 2 amide bonds. The van der Waals surface area contributed by atoms with E-state index < -0.39 is 17.7 Å². The van der Waals surface area contributed by atoms with Crippen LogP contribution in [0.3, 0.4) is 0 Å². The highest BCUT2D eigenvalue weighted by molar-refractivity contribution is 6.06. The van der Waals surface area contributed by atoms with Crippen molar-refractivity contribution in [1.29, 1.82) is 0 Å². The second-order valence-electron chi connectivity index (χ2n) is 4.76. The van der Waals surface area contributed by atoms with E-state index in [2.05, 4.69) is 10.6 Å². The minimum atomic E-state index is -0.750.